The fourth-order valence-electron chi connectivity index (χ4n) is 1.34. The summed E-state index contributed by atoms with van der Waals surface area (Å²) in [7, 11) is 1.33. The van der Waals surface area contributed by atoms with Gasteiger partial charge in [-0.3, -0.25) is 9.59 Å². The van der Waals surface area contributed by atoms with Crippen molar-refractivity contribution in [2.24, 2.45) is 5.41 Å². The summed E-state index contributed by atoms with van der Waals surface area (Å²) in [6, 6.07) is 0. The zero-order chi connectivity index (χ0) is 9.19. The number of rotatable bonds is 2. The Hall–Kier alpha value is -0.770. The molecule has 5 heteroatoms. The van der Waals surface area contributed by atoms with Gasteiger partial charge in [0.1, 0.15) is 0 Å². The molecule has 1 aliphatic heterocycles. The Morgan fingerprint density at radius 3 is 2.69 bits per heavy atom. The van der Waals surface area contributed by atoms with Crippen LogP contribution in [0.2, 0.25) is 0 Å². The molecule has 0 aromatic carbocycles. The van der Waals surface area contributed by atoms with E-state index in [1.54, 1.807) is 6.92 Å². The topological polar surface area (TPSA) is 55.4 Å². The number of ether oxygens (including phenoxy) is 1. The first-order valence-electron chi connectivity index (χ1n) is 3.93. The Morgan fingerprint density at radius 1 is 1.69 bits per heavy atom. The van der Waals surface area contributed by atoms with Crippen LogP contribution in [-0.2, 0) is 14.3 Å². The predicted octanol–water partition coefficient (Wildman–Crippen LogP) is 0.497. The van der Waals surface area contributed by atoms with Crippen molar-refractivity contribution in [3.8, 4) is 0 Å². The number of nitrogens with one attached hydrogen (secondary N) is 1. The average Bonchev–Trinajstić information content (AvgIpc) is 2.32. The van der Waals surface area contributed by atoms with Crippen LogP contribution >= 0.6 is 12.4 Å². The molecular formula is C8H14ClNO3. The van der Waals surface area contributed by atoms with Gasteiger partial charge in [-0.25, -0.2) is 0 Å². The van der Waals surface area contributed by atoms with Crippen molar-refractivity contribution in [1.29, 1.82) is 0 Å². The van der Waals surface area contributed by atoms with E-state index in [1.165, 1.54) is 7.11 Å². The molecule has 0 aromatic heterocycles. The van der Waals surface area contributed by atoms with Crippen LogP contribution in [0.15, 0.2) is 0 Å². The Bertz CT molecular complexity index is 219. The molecule has 1 atom stereocenters. The van der Waals surface area contributed by atoms with E-state index in [-0.39, 0.29) is 30.7 Å². The molecule has 0 radical (unpaired) electrons. The van der Waals surface area contributed by atoms with Crippen molar-refractivity contribution in [3.63, 3.8) is 0 Å². The summed E-state index contributed by atoms with van der Waals surface area (Å²) < 4.78 is 4.51. The molecule has 0 aromatic rings. The van der Waals surface area contributed by atoms with Gasteiger partial charge in [0, 0.05) is 6.54 Å². The standard InChI is InChI=1S/C8H13NO3.ClH/c1-8(5-6(10)12-2)3-4-9-7(8)11;/h3-5H2,1-2H3,(H,9,11);1H. The van der Waals surface area contributed by atoms with E-state index in [4.69, 9.17) is 0 Å². The maximum absolute atomic E-state index is 11.2. The predicted molar refractivity (Wildman–Crippen MR) is 49.6 cm³/mol. The van der Waals surface area contributed by atoms with Gasteiger partial charge < -0.3 is 10.1 Å². The monoisotopic (exact) mass is 207 g/mol. The van der Waals surface area contributed by atoms with E-state index in [1.807, 2.05) is 0 Å². The SMILES string of the molecule is COC(=O)CC1(C)CCNC1=O.Cl. The van der Waals surface area contributed by atoms with Crippen molar-refractivity contribution in [3.05, 3.63) is 0 Å². The Balaban J connectivity index is 0.00000144. The third kappa shape index (κ3) is 2.59. The largest absolute Gasteiger partial charge is 0.469 e. The zero-order valence-corrected chi connectivity index (χ0v) is 8.57. The second-order valence-electron chi connectivity index (χ2n) is 3.32. The summed E-state index contributed by atoms with van der Waals surface area (Å²) in [6.45, 7) is 2.44. The highest BCUT2D eigenvalue weighted by Gasteiger charge is 2.39. The number of methoxy groups -OCH3 is 1. The lowest BCUT2D eigenvalue weighted by molar-refractivity contribution is -0.146. The molecule has 1 aliphatic rings. The van der Waals surface area contributed by atoms with E-state index in [2.05, 4.69) is 10.1 Å². The maximum atomic E-state index is 11.2. The third-order valence-corrected chi connectivity index (χ3v) is 2.27. The molecule has 0 saturated carbocycles. The number of carbonyl (C=O) groups is 2. The first-order valence-corrected chi connectivity index (χ1v) is 3.93. The summed E-state index contributed by atoms with van der Waals surface area (Å²) in [6.07, 6.45) is 0.885. The van der Waals surface area contributed by atoms with Gasteiger partial charge in [0.2, 0.25) is 5.91 Å². The second-order valence-corrected chi connectivity index (χ2v) is 3.32. The minimum atomic E-state index is -0.549. The van der Waals surface area contributed by atoms with Crippen LogP contribution in [0.3, 0.4) is 0 Å². The normalized spacial score (nSPS) is 26.2. The van der Waals surface area contributed by atoms with Gasteiger partial charge in [-0.15, -0.1) is 12.4 Å². The fraction of sp³-hybridized carbons (Fsp3) is 0.750. The highest BCUT2D eigenvalue weighted by atomic mass is 35.5. The van der Waals surface area contributed by atoms with Crippen LogP contribution in [0.5, 0.6) is 0 Å². The van der Waals surface area contributed by atoms with E-state index in [9.17, 15) is 9.59 Å². The molecule has 13 heavy (non-hydrogen) atoms. The van der Waals surface area contributed by atoms with Crippen LogP contribution in [0, 0.1) is 5.41 Å². The van der Waals surface area contributed by atoms with Crippen molar-refractivity contribution in [2.45, 2.75) is 19.8 Å². The van der Waals surface area contributed by atoms with Crippen LogP contribution in [-0.4, -0.2) is 25.5 Å². The van der Waals surface area contributed by atoms with Crippen LogP contribution in [0.1, 0.15) is 19.8 Å². The summed E-state index contributed by atoms with van der Waals surface area (Å²) in [5.74, 6) is -0.373. The first kappa shape index (κ1) is 12.2. The van der Waals surface area contributed by atoms with Gasteiger partial charge >= 0.3 is 5.97 Å². The molecule has 1 unspecified atom stereocenters. The third-order valence-electron chi connectivity index (χ3n) is 2.27. The molecular weight excluding hydrogens is 194 g/mol. The van der Waals surface area contributed by atoms with Gasteiger partial charge in [0.15, 0.2) is 0 Å². The summed E-state index contributed by atoms with van der Waals surface area (Å²) >= 11 is 0. The van der Waals surface area contributed by atoms with E-state index in [0.29, 0.717) is 13.0 Å². The molecule has 0 spiro atoms. The molecule has 1 saturated heterocycles. The Morgan fingerprint density at radius 2 is 2.31 bits per heavy atom. The minimum absolute atomic E-state index is 0. The van der Waals surface area contributed by atoms with E-state index >= 15 is 0 Å². The molecule has 1 rings (SSSR count). The Kier molecular flexibility index (Phi) is 4.20. The number of hydrogen-bond donors (Lipinski definition) is 1. The lowest BCUT2D eigenvalue weighted by Gasteiger charge is -2.17. The van der Waals surface area contributed by atoms with Gasteiger partial charge in [-0.05, 0) is 6.42 Å². The van der Waals surface area contributed by atoms with Crippen molar-refractivity contribution < 1.29 is 14.3 Å². The lowest BCUT2D eigenvalue weighted by atomic mass is 9.85. The molecule has 0 bridgehead atoms. The van der Waals surface area contributed by atoms with Crippen LogP contribution in [0.25, 0.3) is 0 Å². The quantitative estimate of drug-likeness (QED) is 0.671. The second kappa shape index (κ2) is 4.46. The van der Waals surface area contributed by atoms with Gasteiger partial charge in [0.25, 0.3) is 0 Å². The molecule has 1 amide bonds. The number of hydrogen-bond acceptors (Lipinski definition) is 3. The van der Waals surface area contributed by atoms with Crippen LogP contribution in [0.4, 0.5) is 0 Å². The molecule has 76 valence electrons. The highest BCUT2D eigenvalue weighted by molar-refractivity contribution is 5.88. The van der Waals surface area contributed by atoms with Gasteiger partial charge in [-0.1, -0.05) is 6.92 Å². The first-order chi connectivity index (χ1) is 5.58. The fourth-order valence-corrected chi connectivity index (χ4v) is 1.34. The van der Waals surface area contributed by atoms with E-state index < -0.39 is 5.41 Å². The smallest absolute Gasteiger partial charge is 0.306 e. The minimum Gasteiger partial charge on any atom is -0.469 e. The Labute approximate surface area is 83.4 Å². The molecule has 1 heterocycles. The number of halogens is 1. The van der Waals surface area contributed by atoms with Crippen molar-refractivity contribution in [1.82, 2.24) is 5.32 Å². The number of amides is 1. The molecule has 4 nitrogen and oxygen atoms in total. The van der Waals surface area contributed by atoms with Gasteiger partial charge in [-0.2, -0.15) is 0 Å². The average molecular weight is 208 g/mol. The molecule has 1 N–H and O–H groups in total. The summed E-state index contributed by atoms with van der Waals surface area (Å²) in [4.78, 5) is 22.1. The number of esters is 1. The van der Waals surface area contributed by atoms with Crippen molar-refractivity contribution >= 4 is 24.3 Å². The summed E-state index contributed by atoms with van der Waals surface area (Å²) in [5.41, 5.74) is -0.549. The highest BCUT2D eigenvalue weighted by Crippen LogP contribution is 2.29. The van der Waals surface area contributed by atoms with E-state index in [0.717, 1.165) is 0 Å². The maximum Gasteiger partial charge on any atom is 0.306 e. The molecule has 1 fully saturated rings. The zero-order valence-electron chi connectivity index (χ0n) is 7.75. The number of carbonyl (C=O) groups excluding carboxylic acids is 2. The molecule has 0 aliphatic carbocycles. The van der Waals surface area contributed by atoms with Gasteiger partial charge in [0.05, 0.1) is 18.9 Å². The van der Waals surface area contributed by atoms with Crippen LogP contribution < -0.4 is 5.32 Å². The lowest BCUT2D eigenvalue weighted by Crippen LogP contribution is -2.30. The van der Waals surface area contributed by atoms with Crippen molar-refractivity contribution in [2.75, 3.05) is 13.7 Å². The summed E-state index contributed by atoms with van der Waals surface area (Å²) in [5, 5.41) is 2.69.